The summed E-state index contributed by atoms with van der Waals surface area (Å²) in [5.41, 5.74) is 1.80. The molecule has 2 aromatic carbocycles. The summed E-state index contributed by atoms with van der Waals surface area (Å²) in [4.78, 5) is 27.8. The Balaban J connectivity index is 2.15. The van der Waals surface area contributed by atoms with Crippen molar-refractivity contribution in [2.45, 2.75) is 51.4 Å². The van der Waals surface area contributed by atoms with Crippen molar-refractivity contribution in [1.29, 1.82) is 0 Å². The molecule has 0 spiro atoms. The molecule has 2 rings (SSSR count). The molecule has 0 saturated heterocycles. The molecule has 0 aromatic heterocycles. The van der Waals surface area contributed by atoms with Gasteiger partial charge in [-0.25, -0.2) is 0 Å². The normalized spacial score (nSPS) is 11.8. The van der Waals surface area contributed by atoms with E-state index in [1.54, 1.807) is 17.0 Å². The first-order valence-corrected chi connectivity index (χ1v) is 13.0. The molecule has 0 aliphatic heterocycles. The number of carbonyl (C=O) groups excluding carboxylic acids is 2. The molecule has 0 radical (unpaired) electrons. The average Bonchev–Trinajstić information content (AvgIpc) is 2.77. The van der Waals surface area contributed by atoms with E-state index in [1.165, 1.54) is 11.8 Å². The van der Waals surface area contributed by atoms with Crippen LogP contribution >= 0.6 is 46.6 Å². The molecule has 0 saturated carbocycles. The summed E-state index contributed by atoms with van der Waals surface area (Å²) in [7, 11) is 0. The van der Waals surface area contributed by atoms with Gasteiger partial charge in [0.25, 0.3) is 0 Å². The molecule has 4 nitrogen and oxygen atoms in total. The van der Waals surface area contributed by atoms with E-state index in [1.807, 2.05) is 37.3 Å². The maximum Gasteiger partial charge on any atom is 0.242 e. The van der Waals surface area contributed by atoms with Crippen LogP contribution < -0.4 is 5.32 Å². The van der Waals surface area contributed by atoms with Gasteiger partial charge in [-0.1, -0.05) is 79.3 Å². The molecular formula is C24H29Cl3N2O2S. The number of hydrogen-bond acceptors (Lipinski definition) is 3. The van der Waals surface area contributed by atoms with Gasteiger partial charge in [-0.05, 0) is 42.2 Å². The molecule has 1 N–H and O–H groups in total. The number of unbranched alkanes of at least 4 members (excludes halogenated alkanes) is 1. The molecule has 0 unspecified atom stereocenters. The van der Waals surface area contributed by atoms with Crippen LogP contribution in [0.15, 0.2) is 42.5 Å². The lowest BCUT2D eigenvalue weighted by molar-refractivity contribution is -0.139. The van der Waals surface area contributed by atoms with Crippen molar-refractivity contribution in [1.82, 2.24) is 10.2 Å². The lowest BCUT2D eigenvalue weighted by Gasteiger charge is -2.30. The predicted molar refractivity (Wildman–Crippen MR) is 137 cm³/mol. The van der Waals surface area contributed by atoms with Crippen LogP contribution in [0.3, 0.4) is 0 Å². The third-order valence-electron chi connectivity index (χ3n) is 4.99. The SMILES string of the molecule is CCCCNC(=O)[C@H](CC)N(Cc1ccc(Cl)c(Cl)c1)C(=O)CSCc1ccccc1Cl. The molecule has 0 bridgehead atoms. The van der Waals surface area contributed by atoms with Crippen molar-refractivity contribution in [3.8, 4) is 0 Å². The van der Waals surface area contributed by atoms with E-state index in [2.05, 4.69) is 12.2 Å². The fraction of sp³-hybridized carbons (Fsp3) is 0.417. The topological polar surface area (TPSA) is 49.4 Å². The number of benzene rings is 2. The summed E-state index contributed by atoms with van der Waals surface area (Å²) in [5.74, 6) is 0.618. The van der Waals surface area contributed by atoms with E-state index in [0.29, 0.717) is 33.8 Å². The molecule has 0 aliphatic carbocycles. The fourth-order valence-corrected chi connectivity index (χ4v) is 4.72. The van der Waals surface area contributed by atoms with E-state index in [4.69, 9.17) is 34.8 Å². The number of rotatable bonds is 12. The zero-order valence-electron chi connectivity index (χ0n) is 18.4. The standard InChI is InChI=1S/C24H29Cl3N2O2S/c1-3-5-12-28-24(31)22(4-2)29(14-17-10-11-20(26)21(27)13-17)23(30)16-32-15-18-8-6-7-9-19(18)25/h6-11,13,22H,3-5,12,14-16H2,1-2H3,(H,28,31)/t22-/m0/s1. The number of hydrogen-bond donors (Lipinski definition) is 1. The first kappa shape index (κ1) is 26.8. The number of nitrogens with zero attached hydrogens (tertiary/aromatic N) is 1. The fourth-order valence-electron chi connectivity index (χ4n) is 3.21. The van der Waals surface area contributed by atoms with Crippen LogP contribution in [0, 0.1) is 0 Å². The third-order valence-corrected chi connectivity index (χ3v) is 7.07. The van der Waals surface area contributed by atoms with Gasteiger partial charge in [0.1, 0.15) is 6.04 Å². The third kappa shape index (κ3) is 8.18. The zero-order chi connectivity index (χ0) is 23.5. The van der Waals surface area contributed by atoms with Crippen LogP contribution in [-0.4, -0.2) is 35.1 Å². The van der Waals surface area contributed by atoms with Gasteiger partial charge < -0.3 is 10.2 Å². The smallest absolute Gasteiger partial charge is 0.242 e. The molecule has 2 amide bonds. The second kappa shape index (κ2) is 14.0. The minimum atomic E-state index is -0.560. The summed E-state index contributed by atoms with van der Waals surface area (Å²) < 4.78 is 0. The van der Waals surface area contributed by atoms with Gasteiger partial charge in [0.15, 0.2) is 0 Å². The van der Waals surface area contributed by atoms with Gasteiger partial charge in [0.05, 0.1) is 15.8 Å². The Kier molecular flexibility index (Phi) is 11.7. The average molecular weight is 516 g/mol. The van der Waals surface area contributed by atoms with Gasteiger partial charge in [-0.15, -0.1) is 11.8 Å². The van der Waals surface area contributed by atoms with Crippen molar-refractivity contribution >= 4 is 58.4 Å². The molecule has 0 aliphatic rings. The number of halogens is 3. The van der Waals surface area contributed by atoms with E-state index in [-0.39, 0.29) is 24.1 Å². The first-order valence-electron chi connectivity index (χ1n) is 10.7. The Morgan fingerprint density at radius 2 is 1.78 bits per heavy atom. The molecule has 32 heavy (non-hydrogen) atoms. The van der Waals surface area contributed by atoms with Crippen LogP contribution in [0.2, 0.25) is 15.1 Å². The number of nitrogens with one attached hydrogen (secondary N) is 1. The lowest BCUT2D eigenvalue weighted by atomic mass is 10.1. The lowest BCUT2D eigenvalue weighted by Crippen LogP contribution is -2.49. The highest BCUT2D eigenvalue weighted by Gasteiger charge is 2.28. The zero-order valence-corrected chi connectivity index (χ0v) is 21.5. The Hall–Kier alpha value is -1.40. The van der Waals surface area contributed by atoms with E-state index >= 15 is 0 Å². The molecule has 2 aromatic rings. The van der Waals surface area contributed by atoms with Crippen molar-refractivity contribution in [2.24, 2.45) is 0 Å². The van der Waals surface area contributed by atoms with Crippen LogP contribution in [0.1, 0.15) is 44.2 Å². The Labute approximate surface area is 210 Å². The van der Waals surface area contributed by atoms with E-state index in [9.17, 15) is 9.59 Å². The minimum absolute atomic E-state index is 0.106. The predicted octanol–water partition coefficient (Wildman–Crippen LogP) is 6.60. The molecule has 174 valence electrons. The van der Waals surface area contributed by atoms with Crippen LogP contribution in [0.5, 0.6) is 0 Å². The van der Waals surface area contributed by atoms with E-state index < -0.39 is 6.04 Å². The van der Waals surface area contributed by atoms with Crippen LogP contribution in [-0.2, 0) is 21.9 Å². The highest BCUT2D eigenvalue weighted by molar-refractivity contribution is 7.99. The Morgan fingerprint density at radius 3 is 2.44 bits per heavy atom. The summed E-state index contributed by atoms with van der Waals surface area (Å²) in [6.45, 7) is 4.86. The quantitative estimate of drug-likeness (QED) is 0.324. The molecular weight excluding hydrogens is 487 g/mol. The van der Waals surface area contributed by atoms with Crippen molar-refractivity contribution in [2.75, 3.05) is 12.3 Å². The van der Waals surface area contributed by atoms with Crippen LogP contribution in [0.25, 0.3) is 0 Å². The number of amides is 2. The molecule has 1 atom stereocenters. The summed E-state index contributed by atoms with van der Waals surface area (Å²) in [6, 6.07) is 12.3. The van der Waals surface area contributed by atoms with Gasteiger partial charge in [0, 0.05) is 23.9 Å². The van der Waals surface area contributed by atoms with Gasteiger partial charge in [-0.2, -0.15) is 0 Å². The van der Waals surface area contributed by atoms with Gasteiger partial charge in [-0.3, -0.25) is 9.59 Å². The van der Waals surface area contributed by atoms with Crippen molar-refractivity contribution in [3.05, 3.63) is 68.7 Å². The van der Waals surface area contributed by atoms with Crippen molar-refractivity contribution in [3.63, 3.8) is 0 Å². The molecule has 0 heterocycles. The minimum Gasteiger partial charge on any atom is -0.354 e. The van der Waals surface area contributed by atoms with Crippen molar-refractivity contribution < 1.29 is 9.59 Å². The van der Waals surface area contributed by atoms with Gasteiger partial charge in [0.2, 0.25) is 11.8 Å². The molecule has 0 fully saturated rings. The molecule has 8 heteroatoms. The van der Waals surface area contributed by atoms with E-state index in [0.717, 1.165) is 24.0 Å². The maximum atomic E-state index is 13.2. The number of thioether (sulfide) groups is 1. The first-order chi connectivity index (χ1) is 15.4. The monoisotopic (exact) mass is 514 g/mol. The summed E-state index contributed by atoms with van der Waals surface area (Å²) >= 11 is 19.9. The van der Waals surface area contributed by atoms with Gasteiger partial charge >= 0.3 is 0 Å². The highest BCUT2D eigenvalue weighted by atomic mass is 35.5. The maximum absolute atomic E-state index is 13.2. The summed E-state index contributed by atoms with van der Waals surface area (Å²) in [5, 5.41) is 4.52. The van der Waals surface area contributed by atoms with Crippen LogP contribution in [0.4, 0.5) is 0 Å². The number of carbonyl (C=O) groups is 2. The second-order valence-corrected chi connectivity index (χ2v) is 9.63. The highest BCUT2D eigenvalue weighted by Crippen LogP contribution is 2.25. The Bertz CT molecular complexity index is 911. The Morgan fingerprint density at radius 1 is 1.03 bits per heavy atom. The summed E-state index contributed by atoms with van der Waals surface area (Å²) in [6.07, 6.45) is 2.40. The largest absolute Gasteiger partial charge is 0.354 e. The second-order valence-electron chi connectivity index (χ2n) is 7.42.